The topological polar surface area (TPSA) is 65.8 Å². The second-order valence-electron chi connectivity index (χ2n) is 4.96. The van der Waals surface area contributed by atoms with Gasteiger partial charge in [-0.3, -0.25) is 4.79 Å². The van der Waals surface area contributed by atoms with Crippen LogP contribution in [0.2, 0.25) is 0 Å². The van der Waals surface area contributed by atoms with Crippen LogP contribution in [0.25, 0.3) is 12.2 Å². The molecule has 1 N–H and O–H groups in total. The molecule has 1 heterocycles. The highest BCUT2D eigenvalue weighted by molar-refractivity contribution is 6.01. The minimum Gasteiger partial charge on any atom is -0.341 e. The Bertz CT molecular complexity index is 816. The maximum Gasteiger partial charge on any atom is 0.262 e. The molecule has 0 aliphatic carbocycles. The van der Waals surface area contributed by atoms with E-state index in [4.69, 9.17) is 0 Å². The third-order valence-corrected chi connectivity index (χ3v) is 3.34. The molecule has 1 atom stereocenters. The number of carbonyl (C=O) groups is 1. The van der Waals surface area contributed by atoms with Crippen LogP contribution in [0, 0.1) is 11.3 Å². The van der Waals surface area contributed by atoms with Gasteiger partial charge in [-0.25, -0.2) is 4.98 Å². The molecule has 0 fully saturated rings. The number of amides is 1. The van der Waals surface area contributed by atoms with E-state index in [2.05, 4.69) is 23.5 Å². The molecule has 1 amide bonds. The summed E-state index contributed by atoms with van der Waals surface area (Å²) in [5.74, 6) is -0.475. The number of aromatic nitrogens is 1. The molecule has 0 unspecified atom stereocenters. The van der Waals surface area contributed by atoms with E-state index in [-0.39, 0.29) is 11.6 Å². The molecular formula is C20H17N3O. The normalized spacial score (nSPS) is 11.9. The molecule has 2 aromatic rings. The summed E-state index contributed by atoms with van der Waals surface area (Å²) >= 11 is 0. The van der Waals surface area contributed by atoms with Gasteiger partial charge in [-0.1, -0.05) is 49.1 Å². The van der Waals surface area contributed by atoms with E-state index in [1.54, 1.807) is 30.4 Å². The quantitative estimate of drug-likeness (QED) is 0.502. The van der Waals surface area contributed by atoms with Crippen molar-refractivity contribution >= 4 is 18.1 Å². The third-order valence-electron chi connectivity index (χ3n) is 3.34. The van der Waals surface area contributed by atoms with Crippen molar-refractivity contribution in [1.82, 2.24) is 10.3 Å². The van der Waals surface area contributed by atoms with Crippen LogP contribution < -0.4 is 5.32 Å². The van der Waals surface area contributed by atoms with Crippen LogP contribution in [0.1, 0.15) is 23.0 Å². The fourth-order valence-corrected chi connectivity index (χ4v) is 2.12. The van der Waals surface area contributed by atoms with Crippen LogP contribution in [-0.2, 0) is 4.79 Å². The number of benzene rings is 1. The summed E-state index contributed by atoms with van der Waals surface area (Å²) in [5, 5.41) is 12.1. The Morgan fingerprint density at radius 1 is 1.12 bits per heavy atom. The fraction of sp³-hybridized carbons (Fsp3) is 0.0500. The number of nitrogens with one attached hydrogen (secondary N) is 1. The maximum atomic E-state index is 12.4. The van der Waals surface area contributed by atoms with Crippen molar-refractivity contribution in [2.24, 2.45) is 0 Å². The fourth-order valence-electron chi connectivity index (χ4n) is 2.12. The first-order valence-corrected chi connectivity index (χ1v) is 7.37. The minimum atomic E-state index is -0.475. The Hall–Kier alpha value is -3.45. The number of carbonyl (C=O) groups excluding carboxylic acids is 1. The smallest absolute Gasteiger partial charge is 0.262 e. The van der Waals surface area contributed by atoms with E-state index in [1.165, 1.54) is 6.08 Å². The van der Waals surface area contributed by atoms with E-state index < -0.39 is 5.91 Å². The summed E-state index contributed by atoms with van der Waals surface area (Å²) in [5.41, 5.74) is 2.07. The average Bonchev–Trinajstić information content (AvgIpc) is 2.64. The largest absolute Gasteiger partial charge is 0.341 e. The molecule has 24 heavy (non-hydrogen) atoms. The van der Waals surface area contributed by atoms with Gasteiger partial charge >= 0.3 is 0 Å². The Kier molecular flexibility index (Phi) is 5.82. The Balaban J connectivity index is 2.22. The average molecular weight is 315 g/mol. The van der Waals surface area contributed by atoms with Gasteiger partial charge in [0, 0.05) is 0 Å². The van der Waals surface area contributed by atoms with Gasteiger partial charge in [0.05, 0.1) is 17.4 Å². The number of hydrogen-bond acceptors (Lipinski definition) is 3. The molecule has 1 aromatic carbocycles. The second-order valence-corrected chi connectivity index (χ2v) is 4.96. The van der Waals surface area contributed by atoms with Crippen LogP contribution in [0.5, 0.6) is 0 Å². The predicted molar refractivity (Wildman–Crippen MR) is 95.4 cm³/mol. The van der Waals surface area contributed by atoms with Gasteiger partial charge in [-0.15, -0.1) is 6.58 Å². The molecule has 118 valence electrons. The summed E-state index contributed by atoms with van der Waals surface area (Å²) in [7, 11) is 0. The van der Waals surface area contributed by atoms with Crippen molar-refractivity contribution in [2.45, 2.75) is 6.04 Å². The monoisotopic (exact) mass is 315 g/mol. The van der Waals surface area contributed by atoms with Crippen molar-refractivity contribution in [2.75, 3.05) is 0 Å². The van der Waals surface area contributed by atoms with Crippen LogP contribution in [-0.4, -0.2) is 10.9 Å². The number of nitriles is 1. The Labute approximate surface area is 141 Å². The SMILES string of the molecule is C=Cc1cccc(/C=C(\C#N)C(=O)N[C@H](C=C)c2ccccc2)n1. The van der Waals surface area contributed by atoms with E-state index in [0.717, 1.165) is 5.56 Å². The minimum absolute atomic E-state index is 0.0218. The van der Waals surface area contributed by atoms with E-state index in [1.807, 2.05) is 36.4 Å². The van der Waals surface area contributed by atoms with Gasteiger partial charge in [0.1, 0.15) is 11.6 Å². The van der Waals surface area contributed by atoms with Crippen molar-refractivity contribution in [3.05, 3.63) is 90.3 Å². The van der Waals surface area contributed by atoms with Gasteiger partial charge in [0.2, 0.25) is 0 Å². The van der Waals surface area contributed by atoms with E-state index >= 15 is 0 Å². The summed E-state index contributed by atoms with van der Waals surface area (Å²) in [6.07, 6.45) is 4.68. The zero-order chi connectivity index (χ0) is 17.4. The molecule has 0 bridgehead atoms. The first-order chi connectivity index (χ1) is 11.7. The van der Waals surface area contributed by atoms with E-state index in [0.29, 0.717) is 11.4 Å². The standard InChI is InChI=1S/C20H17N3O/c1-3-17-11-8-12-18(22-17)13-16(14-21)20(24)23-19(4-2)15-9-6-5-7-10-15/h3-13,19H,1-2H2,(H,23,24)/b16-13+/t19-/m1/s1. The van der Waals surface area contributed by atoms with Gasteiger partial charge < -0.3 is 5.32 Å². The lowest BCUT2D eigenvalue weighted by molar-refractivity contribution is -0.117. The predicted octanol–water partition coefficient (Wildman–Crippen LogP) is 3.68. The molecule has 4 nitrogen and oxygen atoms in total. The summed E-state index contributed by atoms with van der Waals surface area (Å²) in [6.45, 7) is 7.39. The molecule has 0 saturated heterocycles. The van der Waals surface area contributed by atoms with Gasteiger partial charge in [0.15, 0.2) is 0 Å². The molecule has 0 aliphatic rings. The third kappa shape index (κ3) is 4.28. The highest BCUT2D eigenvalue weighted by Crippen LogP contribution is 2.14. The first-order valence-electron chi connectivity index (χ1n) is 7.37. The van der Waals surface area contributed by atoms with Gasteiger partial charge in [-0.05, 0) is 29.8 Å². The van der Waals surface area contributed by atoms with Gasteiger partial charge in [-0.2, -0.15) is 5.26 Å². The second kappa shape index (κ2) is 8.25. The van der Waals surface area contributed by atoms with Crippen molar-refractivity contribution in [3.8, 4) is 6.07 Å². The van der Waals surface area contributed by atoms with E-state index in [9.17, 15) is 10.1 Å². The Morgan fingerprint density at radius 2 is 1.83 bits per heavy atom. The molecule has 0 aliphatic heterocycles. The first kappa shape index (κ1) is 16.9. The summed E-state index contributed by atoms with van der Waals surface area (Å²) in [4.78, 5) is 16.7. The lowest BCUT2D eigenvalue weighted by Crippen LogP contribution is -2.28. The van der Waals surface area contributed by atoms with Crippen molar-refractivity contribution < 1.29 is 4.79 Å². The maximum absolute atomic E-state index is 12.4. The van der Waals surface area contributed by atoms with Crippen LogP contribution >= 0.6 is 0 Å². The zero-order valence-electron chi connectivity index (χ0n) is 13.1. The highest BCUT2D eigenvalue weighted by Gasteiger charge is 2.15. The number of hydrogen-bond donors (Lipinski definition) is 1. The van der Waals surface area contributed by atoms with Crippen LogP contribution in [0.15, 0.2) is 73.3 Å². The molecule has 0 spiro atoms. The number of rotatable bonds is 6. The molecular weight excluding hydrogens is 298 g/mol. The zero-order valence-corrected chi connectivity index (χ0v) is 13.1. The van der Waals surface area contributed by atoms with Gasteiger partial charge in [0.25, 0.3) is 5.91 Å². The molecule has 1 aromatic heterocycles. The lowest BCUT2D eigenvalue weighted by Gasteiger charge is -2.14. The molecule has 2 rings (SSSR count). The van der Waals surface area contributed by atoms with Crippen molar-refractivity contribution in [3.63, 3.8) is 0 Å². The lowest BCUT2D eigenvalue weighted by atomic mass is 10.1. The number of nitrogens with zero attached hydrogens (tertiary/aromatic N) is 2. The summed E-state index contributed by atoms with van der Waals surface area (Å²) in [6, 6.07) is 16.3. The summed E-state index contributed by atoms with van der Waals surface area (Å²) < 4.78 is 0. The Morgan fingerprint density at radius 3 is 2.46 bits per heavy atom. The number of pyridine rings is 1. The van der Waals surface area contributed by atoms with Crippen LogP contribution in [0.3, 0.4) is 0 Å². The molecule has 0 radical (unpaired) electrons. The molecule has 0 saturated carbocycles. The molecule has 4 heteroatoms. The highest BCUT2D eigenvalue weighted by atomic mass is 16.1. The van der Waals surface area contributed by atoms with Crippen LogP contribution in [0.4, 0.5) is 0 Å². The van der Waals surface area contributed by atoms with Crippen molar-refractivity contribution in [1.29, 1.82) is 5.26 Å².